The standard InChI is InChI=1S/C48H50N2/c1-3-13-33(14-4-1)35-17-11-19-39(29-35)49-45-23-9-7-21-41(45)43-31-37(25-27-47(43)49)38-26-28-48-44(32-38)42-22-8-10-24-46(42)50(48)40-20-12-18-36(30-40)34-15-5-2-6-16-34/h1,3-5,8,10-16,18-19,22,24,26,28,30-31,35,39-41,44-45H,2,6-7,9,17,20-21,23,25,27,29,32H2/t35-,39+,40-,41?,44+,45?/m1/s1. The van der Waals surface area contributed by atoms with Crippen LogP contribution in [0.1, 0.15) is 100 Å². The molecule has 0 aromatic heterocycles. The van der Waals surface area contributed by atoms with Crippen molar-refractivity contribution in [2.24, 2.45) is 5.92 Å². The number of benzene rings is 2. The molecule has 0 N–H and O–H groups in total. The van der Waals surface area contributed by atoms with Crippen LogP contribution in [0.3, 0.4) is 0 Å². The Morgan fingerprint density at radius 3 is 2.52 bits per heavy atom. The minimum absolute atomic E-state index is 0.350. The van der Waals surface area contributed by atoms with E-state index in [1.54, 1.807) is 22.4 Å². The van der Waals surface area contributed by atoms with Crippen LogP contribution in [-0.2, 0) is 0 Å². The minimum atomic E-state index is 0.350. The number of hydrogen-bond acceptors (Lipinski definition) is 2. The van der Waals surface area contributed by atoms with Crippen LogP contribution in [0.4, 0.5) is 5.69 Å². The van der Waals surface area contributed by atoms with Gasteiger partial charge in [0.25, 0.3) is 0 Å². The van der Waals surface area contributed by atoms with E-state index in [9.17, 15) is 0 Å². The van der Waals surface area contributed by atoms with Gasteiger partial charge in [0.15, 0.2) is 0 Å². The molecule has 2 aromatic carbocycles. The van der Waals surface area contributed by atoms with Crippen LogP contribution < -0.4 is 4.90 Å². The second-order valence-electron chi connectivity index (χ2n) is 15.9. The molecule has 8 aliphatic rings. The number of hydrogen-bond donors (Lipinski definition) is 0. The zero-order valence-corrected chi connectivity index (χ0v) is 29.4. The molecule has 2 heteroatoms. The Morgan fingerprint density at radius 1 is 0.720 bits per heavy atom. The highest BCUT2D eigenvalue weighted by Gasteiger charge is 2.45. The van der Waals surface area contributed by atoms with Crippen LogP contribution in [0.2, 0.25) is 0 Å². The third kappa shape index (κ3) is 5.21. The Bertz CT molecular complexity index is 1960. The van der Waals surface area contributed by atoms with Crippen LogP contribution in [0.5, 0.6) is 0 Å². The highest BCUT2D eigenvalue weighted by atomic mass is 15.2. The van der Waals surface area contributed by atoms with Crippen molar-refractivity contribution in [2.45, 2.75) is 107 Å². The fourth-order valence-electron chi connectivity index (χ4n) is 10.9. The highest BCUT2D eigenvalue weighted by molar-refractivity contribution is 5.72. The molecule has 2 heterocycles. The van der Waals surface area contributed by atoms with E-state index in [-0.39, 0.29) is 0 Å². The summed E-state index contributed by atoms with van der Waals surface area (Å²) in [5.74, 6) is 1.76. The van der Waals surface area contributed by atoms with Crippen LogP contribution in [0.25, 0.3) is 0 Å². The fraction of sp³-hybridized carbons (Fsp3) is 0.375. The summed E-state index contributed by atoms with van der Waals surface area (Å²) >= 11 is 0. The number of rotatable bonds is 5. The summed E-state index contributed by atoms with van der Waals surface area (Å²) in [6.07, 6.45) is 41.9. The summed E-state index contributed by atoms with van der Waals surface area (Å²) in [6.45, 7) is 0. The molecule has 1 fully saturated rings. The average Bonchev–Trinajstić information content (AvgIpc) is 3.71. The van der Waals surface area contributed by atoms with Gasteiger partial charge in [-0.25, -0.2) is 0 Å². The first-order chi connectivity index (χ1) is 24.8. The van der Waals surface area contributed by atoms with E-state index in [0.29, 0.717) is 35.9 Å². The average molecular weight is 655 g/mol. The Labute approximate surface area is 299 Å². The van der Waals surface area contributed by atoms with E-state index in [0.717, 1.165) is 25.7 Å². The lowest BCUT2D eigenvalue weighted by Crippen LogP contribution is -2.43. The first-order valence-corrected chi connectivity index (χ1v) is 19.8. The molecule has 2 unspecified atom stereocenters. The SMILES string of the molecule is C1=CC(C2=C[C@H](N3C4=CC=C(C5=CC6=C(CC5)N([C@H]5C=CC[C@@H](c7ccccc7)C5)C5CCCCC65)C[C@H]4c4ccccc43)CC=C2)=CCC1. The molecule has 0 spiro atoms. The van der Waals surface area contributed by atoms with Crippen molar-refractivity contribution in [1.82, 2.24) is 4.90 Å². The predicted molar refractivity (Wildman–Crippen MR) is 208 cm³/mol. The lowest BCUT2D eigenvalue weighted by molar-refractivity contribution is 0.147. The van der Waals surface area contributed by atoms with Crippen molar-refractivity contribution in [1.29, 1.82) is 0 Å². The molecule has 0 amide bonds. The smallest absolute Gasteiger partial charge is 0.0562 e. The molecule has 252 valence electrons. The molecule has 1 saturated carbocycles. The van der Waals surface area contributed by atoms with Gasteiger partial charge in [0, 0.05) is 41.0 Å². The number of para-hydroxylation sites is 1. The maximum absolute atomic E-state index is 2.95. The van der Waals surface area contributed by atoms with Crippen molar-refractivity contribution in [2.75, 3.05) is 4.90 Å². The van der Waals surface area contributed by atoms with E-state index in [1.807, 2.05) is 0 Å². The van der Waals surface area contributed by atoms with Gasteiger partial charge < -0.3 is 9.80 Å². The predicted octanol–water partition coefficient (Wildman–Crippen LogP) is 11.7. The molecule has 6 atom stereocenters. The van der Waals surface area contributed by atoms with Gasteiger partial charge in [-0.2, -0.15) is 0 Å². The van der Waals surface area contributed by atoms with E-state index in [2.05, 4.69) is 131 Å². The Kier molecular flexibility index (Phi) is 7.81. The number of allylic oxidation sites excluding steroid dienone is 14. The van der Waals surface area contributed by atoms with Gasteiger partial charge in [0.2, 0.25) is 0 Å². The molecule has 6 aliphatic carbocycles. The number of fused-ring (bicyclic) bond motifs is 5. The van der Waals surface area contributed by atoms with Gasteiger partial charge in [0.05, 0.1) is 6.04 Å². The zero-order valence-electron chi connectivity index (χ0n) is 29.4. The molecular weight excluding hydrogens is 605 g/mol. The Balaban J connectivity index is 0.959. The van der Waals surface area contributed by atoms with Gasteiger partial charge in [0.1, 0.15) is 0 Å². The molecular formula is C48H50N2. The van der Waals surface area contributed by atoms with E-state index >= 15 is 0 Å². The first-order valence-electron chi connectivity index (χ1n) is 19.8. The fourth-order valence-corrected chi connectivity index (χ4v) is 10.9. The normalized spacial score (nSPS) is 31.2. The van der Waals surface area contributed by atoms with Crippen molar-refractivity contribution < 1.29 is 0 Å². The molecule has 0 bridgehead atoms. The first kappa shape index (κ1) is 30.5. The monoisotopic (exact) mass is 654 g/mol. The second kappa shape index (κ2) is 12.8. The quantitative estimate of drug-likeness (QED) is 0.296. The van der Waals surface area contributed by atoms with Crippen molar-refractivity contribution in [3.05, 3.63) is 172 Å². The van der Waals surface area contributed by atoms with Gasteiger partial charge in [-0.05, 0) is 121 Å². The van der Waals surface area contributed by atoms with E-state index in [4.69, 9.17) is 0 Å². The highest BCUT2D eigenvalue weighted by Crippen LogP contribution is 2.54. The molecule has 0 radical (unpaired) electrons. The largest absolute Gasteiger partial charge is 0.365 e. The van der Waals surface area contributed by atoms with E-state index < -0.39 is 0 Å². The lowest BCUT2D eigenvalue weighted by Gasteiger charge is -2.42. The zero-order chi connectivity index (χ0) is 33.0. The minimum Gasteiger partial charge on any atom is -0.365 e. The topological polar surface area (TPSA) is 6.48 Å². The summed E-state index contributed by atoms with van der Waals surface area (Å²) < 4.78 is 0. The maximum atomic E-state index is 2.95. The van der Waals surface area contributed by atoms with Crippen molar-refractivity contribution in [3.63, 3.8) is 0 Å². The van der Waals surface area contributed by atoms with Crippen LogP contribution in [-0.4, -0.2) is 23.0 Å². The molecule has 2 aromatic rings. The number of nitrogens with zero attached hydrogens (tertiary/aromatic N) is 2. The lowest BCUT2D eigenvalue weighted by atomic mass is 9.77. The van der Waals surface area contributed by atoms with Gasteiger partial charge >= 0.3 is 0 Å². The number of anilines is 1. The molecule has 0 saturated heterocycles. The Morgan fingerprint density at radius 2 is 1.60 bits per heavy atom. The molecule has 50 heavy (non-hydrogen) atoms. The Hall–Kier alpha value is -4.30. The summed E-state index contributed by atoms with van der Waals surface area (Å²) in [5, 5.41) is 0. The molecule has 2 aliphatic heterocycles. The maximum Gasteiger partial charge on any atom is 0.0562 e. The van der Waals surface area contributed by atoms with Crippen molar-refractivity contribution >= 4 is 5.69 Å². The van der Waals surface area contributed by atoms with Crippen LogP contribution in [0, 0.1) is 5.92 Å². The van der Waals surface area contributed by atoms with Gasteiger partial charge in [-0.15, -0.1) is 0 Å². The van der Waals surface area contributed by atoms with Gasteiger partial charge in [-0.1, -0.05) is 122 Å². The van der Waals surface area contributed by atoms with Crippen molar-refractivity contribution in [3.8, 4) is 0 Å². The molecule has 10 rings (SSSR count). The summed E-state index contributed by atoms with van der Waals surface area (Å²) in [6, 6.07) is 22.1. The van der Waals surface area contributed by atoms with Gasteiger partial charge in [-0.3, -0.25) is 0 Å². The van der Waals surface area contributed by atoms with Crippen LogP contribution >= 0.6 is 0 Å². The molecule has 2 nitrogen and oxygen atoms in total. The van der Waals surface area contributed by atoms with Crippen LogP contribution in [0.15, 0.2) is 161 Å². The third-order valence-electron chi connectivity index (χ3n) is 13.2. The summed E-state index contributed by atoms with van der Waals surface area (Å²) in [4.78, 5) is 5.64. The summed E-state index contributed by atoms with van der Waals surface area (Å²) in [7, 11) is 0. The third-order valence-corrected chi connectivity index (χ3v) is 13.2. The van der Waals surface area contributed by atoms with E-state index in [1.165, 1.54) is 85.0 Å². The summed E-state index contributed by atoms with van der Waals surface area (Å²) in [5.41, 5.74) is 15.3. The second-order valence-corrected chi connectivity index (χ2v) is 15.9.